The van der Waals surface area contributed by atoms with Gasteiger partial charge in [-0.25, -0.2) is 0 Å². The second kappa shape index (κ2) is 5.56. The first-order valence-corrected chi connectivity index (χ1v) is 6.42. The second-order valence-corrected chi connectivity index (χ2v) is 5.70. The molecule has 0 aliphatic heterocycles. The Morgan fingerprint density at radius 3 is 2.59 bits per heavy atom. The molecule has 0 aromatic carbocycles. The maximum Gasteiger partial charge on any atom is 0.149 e. The summed E-state index contributed by atoms with van der Waals surface area (Å²) in [5.41, 5.74) is 0.736. The third-order valence-electron chi connectivity index (χ3n) is 3.35. The van der Waals surface area contributed by atoms with E-state index < -0.39 is 5.92 Å². The van der Waals surface area contributed by atoms with E-state index in [0.29, 0.717) is 12.8 Å². The molecule has 0 spiro atoms. The smallest absolute Gasteiger partial charge is 0.149 e. The van der Waals surface area contributed by atoms with Crippen LogP contribution >= 0.6 is 0 Å². The highest BCUT2D eigenvalue weighted by Crippen LogP contribution is 2.35. The van der Waals surface area contributed by atoms with Crippen LogP contribution in [0.4, 0.5) is 0 Å². The number of unbranched alkanes of at least 4 members (excludes halogenated alkanes) is 1. The quantitative estimate of drug-likeness (QED) is 0.706. The molecule has 0 aromatic heterocycles. The van der Waals surface area contributed by atoms with Crippen molar-refractivity contribution < 1.29 is 9.59 Å². The van der Waals surface area contributed by atoms with Gasteiger partial charge in [-0.15, -0.1) is 0 Å². The van der Waals surface area contributed by atoms with Crippen LogP contribution < -0.4 is 0 Å². The van der Waals surface area contributed by atoms with Crippen molar-refractivity contribution in [3.05, 3.63) is 0 Å². The Balaban J connectivity index is 2.84. The molecule has 1 rings (SSSR count). The fraction of sp³-hybridized carbons (Fsp3) is 0.786. The minimum absolute atomic E-state index is 0.0482. The van der Waals surface area contributed by atoms with Gasteiger partial charge in [-0.05, 0) is 18.3 Å². The van der Waals surface area contributed by atoms with Gasteiger partial charge < -0.3 is 0 Å². The molecule has 0 saturated heterocycles. The van der Waals surface area contributed by atoms with Crippen LogP contribution in [0.15, 0.2) is 4.99 Å². The molecule has 1 aliphatic rings. The van der Waals surface area contributed by atoms with Crippen LogP contribution in [-0.2, 0) is 9.59 Å². The van der Waals surface area contributed by atoms with Crippen molar-refractivity contribution in [3.8, 4) is 0 Å². The zero-order chi connectivity index (χ0) is 13.1. The molecule has 96 valence electrons. The lowest BCUT2D eigenvalue weighted by Crippen LogP contribution is -2.41. The largest absolute Gasteiger partial charge is 0.298 e. The predicted molar refractivity (Wildman–Crippen MR) is 69.4 cm³/mol. The first-order chi connectivity index (χ1) is 7.91. The fourth-order valence-corrected chi connectivity index (χ4v) is 2.48. The first kappa shape index (κ1) is 14.1. The van der Waals surface area contributed by atoms with E-state index in [2.05, 4.69) is 18.8 Å². The summed E-state index contributed by atoms with van der Waals surface area (Å²) in [7, 11) is 1.68. The number of carbonyl (C=O) groups is 2. The van der Waals surface area contributed by atoms with Crippen LogP contribution in [0.1, 0.15) is 52.9 Å². The normalized spacial score (nSPS) is 26.2. The highest BCUT2D eigenvalue weighted by Gasteiger charge is 2.40. The Morgan fingerprint density at radius 2 is 2.06 bits per heavy atom. The number of carbonyl (C=O) groups excluding carboxylic acids is 2. The van der Waals surface area contributed by atoms with Crippen molar-refractivity contribution in [1.29, 1.82) is 0 Å². The molecular formula is C14H23NO2. The number of hydrogen-bond donors (Lipinski definition) is 0. The zero-order valence-electron chi connectivity index (χ0n) is 11.4. The van der Waals surface area contributed by atoms with E-state index in [1.165, 1.54) is 0 Å². The van der Waals surface area contributed by atoms with Gasteiger partial charge in [0.05, 0.1) is 0 Å². The van der Waals surface area contributed by atoms with Gasteiger partial charge >= 0.3 is 0 Å². The third kappa shape index (κ3) is 3.48. The van der Waals surface area contributed by atoms with Gasteiger partial charge in [0.25, 0.3) is 0 Å². The minimum atomic E-state index is -0.542. The summed E-state index contributed by atoms with van der Waals surface area (Å²) in [4.78, 5) is 28.3. The summed E-state index contributed by atoms with van der Waals surface area (Å²) < 4.78 is 0. The van der Waals surface area contributed by atoms with Crippen LogP contribution in [0.5, 0.6) is 0 Å². The molecule has 1 aliphatic carbocycles. The number of nitrogens with zero attached hydrogens (tertiary/aromatic N) is 1. The van der Waals surface area contributed by atoms with Crippen molar-refractivity contribution >= 4 is 17.3 Å². The van der Waals surface area contributed by atoms with Gasteiger partial charge in [0.2, 0.25) is 0 Å². The third-order valence-corrected chi connectivity index (χ3v) is 3.35. The van der Waals surface area contributed by atoms with E-state index in [9.17, 15) is 9.59 Å². The number of Topliss-reactive ketones (excluding diaryl/α,β-unsaturated/α-hetero) is 2. The summed E-state index contributed by atoms with van der Waals surface area (Å²) in [6, 6.07) is 0. The van der Waals surface area contributed by atoms with Gasteiger partial charge in [-0.3, -0.25) is 14.6 Å². The predicted octanol–water partition coefficient (Wildman–Crippen LogP) is 2.82. The monoisotopic (exact) mass is 237 g/mol. The fourth-order valence-electron chi connectivity index (χ4n) is 2.48. The van der Waals surface area contributed by atoms with E-state index in [-0.39, 0.29) is 17.0 Å². The van der Waals surface area contributed by atoms with E-state index in [4.69, 9.17) is 0 Å². The average molecular weight is 237 g/mol. The summed E-state index contributed by atoms with van der Waals surface area (Å²) in [5.74, 6) is -0.421. The Labute approximate surface area is 104 Å². The molecule has 0 radical (unpaired) electrons. The maximum absolute atomic E-state index is 12.1. The minimum Gasteiger partial charge on any atom is -0.298 e. The highest BCUT2D eigenvalue weighted by atomic mass is 16.2. The summed E-state index contributed by atoms with van der Waals surface area (Å²) in [6.07, 6.45) is 3.61. The Kier molecular flexibility index (Phi) is 4.61. The molecule has 1 saturated carbocycles. The van der Waals surface area contributed by atoms with Crippen LogP contribution in [0.2, 0.25) is 0 Å². The summed E-state index contributed by atoms with van der Waals surface area (Å²) in [5, 5.41) is 0. The lowest BCUT2D eigenvalue weighted by atomic mass is 9.69. The van der Waals surface area contributed by atoms with Crippen LogP contribution in [0, 0.1) is 11.3 Å². The standard InChI is InChI=1S/C14H23NO2/c1-5-6-7-11(16)13-10(15-4)8-14(2,3)9-12(13)17/h13H,5-9H2,1-4H3/t13-/m1/s1. The average Bonchev–Trinajstić information content (AvgIpc) is 2.23. The molecule has 0 N–H and O–H groups in total. The molecule has 0 unspecified atom stereocenters. The second-order valence-electron chi connectivity index (χ2n) is 5.70. The molecule has 0 heterocycles. The lowest BCUT2D eigenvalue weighted by Gasteiger charge is -2.33. The Hall–Kier alpha value is -0.990. The molecule has 1 atom stereocenters. The van der Waals surface area contributed by atoms with E-state index in [1.54, 1.807) is 7.05 Å². The van der Waals surface area contributed by atoms with Crippen LogP contribution in [-0.4, -0.2) is 24.3 Å². The number of ketones is 2. The number of aliphatic imine (C=N–C) groups is 1. The van der Waals surface area contributed by atoms with E-state index >= 15 is 0 Å². The van der Waals surface area contributed by atoms with E-state index in [0.717, 1.165) is 25.0 Å². The molecule has 1 fully saturated rings. The van der Waals surface area contributed by atoms with Crippen LogP contribution in [0.25, 0.3) is 0 Å². The molecule has 17 heavy (non-hydrogen) atoms. The van der Waals surface area contributed by atoms with Crippen molar-refractivity contribution in [2.75, 3.05) is 7.05 Å². The van der Waals surface area contributed by atoms with E-state index in [1.807, 2.05) is 6.92 Å². The topological polar surface area (TPSA) is 46.5 Å². The first-order valence-electron chi connectivity index (χ1n) is 6.42. The van der Waals surface area contributed by atoms with Crippen molar-refractivity contribution in [2.45, 2.75) is 52.9 Å². The lowest BCUT2D eigenvalue weighted by molar-refractivity contribution is -0.132. The summed E-state index contributed by atoms with van der Waals surface area (Å²) >= 11 is 0. The Bertz CT molecular complexity index is 342. The van der Waals surface area contributed by atoms with Gasteiger partial charge in [0.15, 0.2) is 0 Å². The number of rotatable bonds is 4. The Morgan fingerprint density at radius 1 is 1.41 bits per heavy atom. The maximum atomic E-state index is 12.1. The zero-order valence-corrected chi connectivity index (χ0v) is 11.4. The van der Waals surface area contributed by atoms with Crippen molar-refractivity contribution in [3.63, 3.8) is 0 Å². The highest BCUT2D eigenvalue weighted by molar-refractivity contribution is 6.22. The molecule has 0 bridgehead atoms. The van der Waals surface area contributed by atoms with Gasteiger partial charge in [-0.2, -0.15) is 0 Å². The van der Waals surface area contributed by atoms with Gasteiger partial charge in [0, 0.05) is 25.6 Å². The molecule has 0 aromatic rings. The van der Waals surface area contributed by atoms with Gasteiger partial charge in [-0.1, -0.05) is 27.2 Å². The van der Waals surface area contributed by atoms with Crippen LogP contribution in [0.3, 0.4) is 0 Å². The number of hydrogen-bond acceptors (Lipinski definition) is 3. The van der Waals surface area contributed by atoms with Crippen molar-refractivity contribution in [2.24, 2.45) is 16.3 Å². The molecule has 3 heteroatoms. The SMILES string of the molecule is CCCCC(=O)[C@@H]1C(=O)CC(C)(C)CC1=NC. The molecule has 3 nitrogen and oxygen atoms in total. The summed E-state index contributed by atoms with van der Waals surface area (Å²) in [6.45, 7) is 6.17. The van der Waals surface area contributed by atoms with Crippen molar-refractivity contribution in [1.82, 2.24) is 0 Å². The van der Waals surface area contributed by atoms with Gasteiger partial charge in [0.1, 0.15) is 17.5 Å². The molecule has 0 amide bonds. The molecular weight excluding hydrogens is 214 g/mol.